The van der Waals surface area contributed by atoms with Gasteiger partial charge in [-0.3, -0.25) is 4.79 Å². The van der Waals surface area contributed by atoms with Crippen LogP contribution in [-0.2, 0) is 0 Å². The molecular weight excluding hydrogens is 190 g/mol. The number of carbonyl (C=O) groups is 1. The Morgan fingerprint density at radius 2 is 2.07 bits per heavy atom. The molecule has 0 aliphatic heterocycles. The van der Waals surface area contributed by atoms with E-state index in [-0.39, 0.29) is 11.9 Å². The van der Waals surface area contributed by atoms with Crippen molar-refractivity contribution in [2.24, 2.45) is 0 Å². The summed E-state index contributed by atoms with van der Waals surface area (Å²) in [5, 5.41) is 2.86. The summed E-state index contributed by atoms with van der Waals surface area (Å²) in [5.74, 6) is 0.735. The molecule has 0 unspecified atom stereocenters. The average molecular weight is 207 g/mol. The van der Waals surface area contributed by atoms with Crippen LogP contribution in [0.2, 0.25) is 0 Å². The fourth-order valence-corrected chi connectivity index (χ4v) is 1.36. The molecule has 0 aromatic heterocycles. The highest BCUT2D eigenvalue weighted by atomic mass is 16.5. The van der Waals surface area contributed by atoms with E-state index in [0.717, 1.165) is 11.3 Å². The van der Waals surface area contributed by atoms with Gasteiger partial charge in [0.25, 0.3) is 5.91 Å². The molecule has 0 radical (unpaired) electrons. The van der Waals surface area contributed by atoms with E-state index >= 15 is 0 Å². The van der Waals surface area contributed by atoms with Crippen molar-refractivity contribution in [2.75, 3.05) is 7.11 Å². The van der Waals surface area contributed by atoms with Gasteiger partial charge in [0, 0.05) is 11.6 Å². The third-order valence-electron chi connectivity index (χ3n) is 2.10. The molecule has 0 aliphatic carbocycles. The first-order valence-corrected chi connectivity index (χ1v) is 5.00. The van der Waals surface area contributed by atoms with Gasteiger partial charge in [0.15, 0.2) is 0 Å². The summed E-state index contributed by atoms with van der Waals surface area (Å²) in [6.07, 6.45) is 0. The Bertz CT molecular complexity index is 359. The molecule has 1 rings (SSSR count). The van der Waals surface area contributed by atoms with E-state index in [1.54, 1.807) is 19.2 Å². The normalized spacial score (nSPS) is 10.2. The van der Waals surface area contributed by atoms with Gasteiger partial charge in [-0.1, -0.05) is 0 Å². The third kappa shape index (κ3) is 2.98. The van der Waals surface area contributed by atoms with Crippen molar-refractivity contribution in [3.05, 3.63) is 29.3 Å². The molecule has 1 aromatic rings. The maximum absolute atomic E-state index is 11.7. The Labute approximate surface area is 90.4 Å². The highest BCUT2D eigenvalue weighted by molar-refractivity contribution is 5.95. The molecule has 0 heterocycles. The lowest BCUT2D eigenvalue weighted by Crippen LogP contribution is -2.30. The average Bonchev–Trinajstić information content (AvgIpc) is 2.16. The zero-order valence-corrected chi connectivity index (χ0v) is 9.63. The van der Waals surface area contributed by atoms with Crippen LogP contribution in [-0.4, -0.2) is 19.1 Å². The fraction of sp³-hybridized carbons (Fsp3) is 0.417. The van der Waals surface area contributed by atoms with Gasteiger partial charge >= 0.3 is 0 Å². The van der Waals surface area contributed by atoms with Crippen molar-refractivity contribution in [3.8, 4) is 5.75 Å². The predicted molar refractivity (Wildman–Crippen MR) is 60.3 cm³/mol. The zero-order chi connectivity index (χ0) is 11.4. The van der Waals surface area contributed by atoms with Crippen LogP contribution in [0.25, 0.3) is 0 Å². The van der Waals surface area contributed by atoms with Gasteiger partial charge in [-0.15, -0.1) is 0 Å². The van der Waals surface area contributed by atoms with Gasteiger partial charge in [0.2, 0.25) is 0 Å². The minimum atomic E-state index is -0.0369. The van der Waals surface area contributed by atoms with E-state index in [2.05, 4.69) is 5.32 Å². The summed E-state index contributed by atoms with van der Waals surface area (Å²) in [5.41, 5.74) is 1.62. The first-order chi connectivity index (χ1) is 7.04. The molecule has 82 valence electrons. The van der Waals surface area contributed by atoms with Crippen molar-refractivity contribution >= 4 is 5.91 Å². The SMILES string of the molecule is COc1ccc(C(=O)NC(C)C)c(C)c1. The fourth-order valence-electron chi connectivity index (χ4n) is 1.36. The molecule has 0 fully saturated rings. The monoisotopic (exact) mass is 207 g/mol. The first-order valence-electron chi connectivity index (χ1n) is 5.00. The molecule has 0 saturated carbocycles. The zero-order valence-electron chi connectivity index (χ0n) is 9.63. The third-order valence-corrected chi connectivity index (χ3v) is 2.10. The van der Waals surface area contributed by atoms with Crippen LogP contribution < -0.4 is 10.1 Å². The van der Waals surface area contributed by atoms with Crippen LogP contribution in [0.1, 0.15) is 29.8 Å². The minimum absolute atomic E-state index is 0.0369. The number of amides is 1. The van der Waals surface area contributed by atoms with E-state index in [1.807, 2.05) is 26.8 Å². The van der Waals surface area contributed by atoms with Crippen LogP contribution in [0.5, 0.6) is 5.75 Å². The topological polar surface area (TPSA) is 38.3 Å². The summed E-state index contributed by atoms with van der Waals surface area (Å²) in [7, 11) is 1.61. The van der Waals surface area contributed by atoms with Gasteiger partial charge in [-0.25, -0.2) is 0 Å². The lowest BCUT2D eigenvalue weighted by molar-refractivity contribution is 0.0942. The van der Waals surface area contributed by atoms with Crippen LogP contribution in [0.15, 0.2) is 18.2 Å². The quantitative estimate of drug-likeness (QED) is 0.824. The number of hydrogen-bond donors (Lipinski definition) is 1. The summed E-state index contributed by atoms with van der Waals surface area (Å²) >= 11 is 0. The first kappa shape index (κ1) is 11.6. The van der Waals surface area contributed by atoms with Crippen molar-refractivity contribution in [1.82, 2.24) is 5.32 Å². The number of benzene rings is 1. The summed E-state index contributed by atoms with van der Waals surface area (Å²) in [6.45, 7) is 5.78. The minimum Gasteiger partial charge on any atom is -0.497 e. The molecule has 0 saturated heterocycles. The standard InChI is InChI=1S/C12H17NO2/c1-8(2)13-12(14)11-6-5-10(15-4)7-9(11)3/h5-8H,1-4H3,(H,13,14). The van der Waals surface area contributed by atoms with Crippen molar-refractivity contribution in [1.29, 1.82) is 0 Å². The van der Waals surface area contributed by atoms with E-state index in [0.29, 0.717) is 5.56 Å². The largest absolute Gasteiger partial charge is 0.497 e. The van der Waals surface area contributed by atoms with E-state index in [9.17, 15) is 4.79 Å². The number of carbonyl (C=O) groups excluding carboxylic acids is 1. The molecule has 0 aliphatic rings. The molecule has 3 heteroatoms. The van der Waals surface area contributed by atoms with E-state index in [4.69, 9.17) is 4.74 Å². The van der Waals surface area contributed by atoms with Crippen LogP contribution in [0.4, 0.5) is 0 Å². The van der Waals surface area contributed by atoms with Crippen LogP contribution in [0.3, 0.4) is 0 Å². The van der Waals surface area contributed by atoms with Gasteiger partial charge in [-0.2, -0.15) is 0 Å². The summed E-state index contributed by atoms with van der Waals surface area (Å²) in [6, 6.07) is 5.59. The highest BCUT2D eigenvalue weighted by Gasteiger charge is 2.10. The number of rotatable bonds is 3. The number of aryl methyl sites for hydroxylation is 1. The van der Waals surface area contributed by atoms with E-state index in [1.165, 1.54) is 0 Å². The van der Waals surface area contributed by atoms with Crippen LogP contribution in [0, 0.1) is 6.92 Å². The Balaban J connectivity index is 2.90. The van der Waals surface area contributed by atoms with E-state index < -0.39 is 0 Å². The van der Waals surface area contributed by atoms with Crippen molar-refractivity contribution in [2.45, 2.75) is 26.8 Å². The second-order valence-electron chi connectivity index (χ2n) is 3.81. The Morgan fingerprint density at radius 3 is 2.53 bits per heavy atom. The van der Waals surface area contributed by atoms with Gasteiger partial charge < -0.3 is 10.1 Å². The Morgan fingerprint density at radius 1 is 1.40 bits per heavy atom. The smallest absolute Gasteiger partial charge is 0.251 e. The lowest BCUT2D eigenvalue weighted by atomic mass is 10.1. The second kappa shape index (κ2) is 4.82. The van der Waals surface area contributed by atoms with Crippen molar-refractivity contribution in [3.63, 3.8) is 0 Å². The lowest BCUT2D eigenvalue weighted by Gasteiger charge is -2.11. The molecule has 0 spiro atoms. The van der Waals surface area contributed by atoms with Crippen molar-refractivity contribution < 1.29 is 9.53 Å². The molecule has 0 bridgehead atoms. The Kier molecular flexibility index (Phi) is 3.72. The molecule has 0 atom stereocenters. The van der Waals surface area contributed by atoms with Crippen LogP contribution >= 0.6 is 0 Å². The van der Waals surface area contributed by atoms with Gasteiger partial charge in [0.05, 0.1) is 7.11 Å². The maximum Gasteiger partial charge on any atom is 0.251 e. The number of hydrogen-bond acceptors (Lipinski definition) is 2. The summed E-state index contributed by atoms with van der Waals surface area (Å²) in [4.78, 5) is 11.7. The molecule has 15 heavy (non-hydrogen) atoms. The molecule has 1 N–H and O–H groups in total. The molecule has 1 amide bonds. The number of methoxy groups -OCH3 is 1. The predicted octanol–water partition coefficient (Wildman–Crippen LogP) is 2.14. The molecule has 3 nitrogen and oxygen atoms in total. The number of ether oxygens (including phenoxy) is 1. The number of nitrogens with one attached hydrogen (secondary N) is 1. The second-order valence-corrected chi connectivity index (χ2v) is 3.81. The highest BCUT2D eigenvalue weighted by Crippen LogP contribution is 2.16. The summed E-state index contributed by atoms with van der Waals surface area (Å²) < 4.78 is 5.08. The van der Waals surface area contributed by atoms with Gasteiger partial charge in [0.1, 0.15) is 5.75 Å². The maximum atomic E-state index is 11.7. The molecule has 1 aromatic carbocycles. The van der Waals surface area contributed by atoms with Gasteiger partial charge in [-0.05, 0) is 44.5 Å². The Hall–Kier alpha value is -1.51. The molecular formula is C12H17NO2.